The topological polar surface area (TPSA) is 40.5 Å². The summed E-state index contributed by atoms with van der Waals surface area (Å²) in [6.45, 7) is 1.45. The Bertz CT molecular complexity index is 78.4. The Morgan fingerprint density at radius 2 is 2.00 bits per heavy atom. The minimum absolute atomic E-state index is 0.259. The highest BCUT2D eigenvalue weighted by Gasteiger charge is 2.08. The van der Waals surface area contributed by atoms with Crippen molar-refractivity contribution in [3.8, 4) is 0 Å². The number of likely N-dealkylation sites (N-methyl/N-ethyl adjacent to an activating group) is 1. The van der Waals surface area contributed by atoms with Crippen molar-refractivity contribution < 1.29 is 9.90 Å². The zero-order valence-electron chi connectivity index (χ0n) is 5.38. The fourth-order valence-electron chi connectivity index (χ4n) is 0.374. The first kappa shape index (κ1) is 7.43. The Morgan fingerprint density at radius 3 is 2.00 bits per heavy atom. The molecule has 0 aromatic rings. The second-order valence-corrected chi connectivity index (χ2v) is 1.91. The molecule has 8 heavy (non-hydrogen) atoms. The van der Waals surface area contributed by atoms with E-state index in [0.717, 1.165) is 0 Å². The van der Waals surface area contributed by atoms with Gasteiger partial charge in [0.1, 0.15) is 6.10 Å². The van der Waals surface area contributed by atoms with Gasteiger partial charge in [0, 0.05) is 14.1 Å². The van der Waals surface area contributed by atoms with Crippen molar-refractivity contribution in [3.63, 3.8) is 0 Å². The maximum absolute atomic E-state index is 10.5. The summed E-state index contributed by atoms with van der Waals surface area (Å²) >= 11 is 0. The van der Waals surface area contributed by atoms with E-state index in [-0.39, 0.29) is 5.91 Å². The number of hydrogen-bond acceptors (Lipinski definition) is 2. The lowest BCUT2D eigenvalue weighted by atomic mass is 10.4. The number of amides is 1. The number of aliphatic hydroxyl groups is 1. The molecule has 0 spiro atoms. The molecule has 3 nitrogen and oxygen atoms in total. The van der Waals surface area contributed by atoms with E-state index in [2.05, 4.69) is 0 Å². The highest BCUT2D eigenvalue weighted by molar-refractivity contribution is 5.79. The standard InChI is InChI=1S/C5H11NO2/c1-4(7)5(8)6(2)3/h4,7H,1-3H3. The van der Waals surface area contributed by atoms with Gasteiger partial charge in [-0.2, -0.15) is 0 Å². The van der Waals surface area contributed by atoms with Crippen LogP contribution in [-0.2, 0) is 4.79 Å². The van der Waals surface area contributed by atoms with Crippen molar-refractivity contribution >= 4 is 5.91 Å². The van der Waals surface area contributed by atoms with E-state index in [1.165, 1.54) is 11.8 Å². The molecule has 1 unspecified atom stereocenters. The van der Waals surface area contributed by atoms with Crippen molar-refractivity contribution in [2.24, 2.45) is 0 Å². The minimum Gasteiger partial charge on any atom is -0.384 e. The van der Waals surface area contributed by atoms with E-state index in [0.29, 0.717) is 0 Å². The molecule has 1 amide bonds. The molecule has 3 heteroatoms. The van der Waals surface area contributed by atoms with Crippen molar-refractivity contribution in [2.75, 3.05) is 14.1 Å². The first-order valence-corrected chi connectivity index (χ1v) is 2.45. The number of carbonyl (C=O) groups is 1. The van der Waals surface area contributed by atoms with E-state index in [4.69, 9.17) is 5.11 Å². The van der Waals surface area contributed by atoms with Crippen molar-refractivity contribution in [1.29, 1.82) is 0 Å². The summed E-state index contributed by atoms with van der Waals surface area (Å²) in [6, 6.07) is 0. The minimum atomic E-state index is -0.870. The number of carbonyl (C=O) groups excluding carboxylic acids is 1. The van der Waals surface area contributed by atoms with Crippen molar-refractivity contribution in [3.05, 3.63) is 0 Å². The van der Waals surface area contributed by atoms with E-state index in [1.807, 2.05) is 0 Å². The maximum atomic E-state index is 10.5. The molecule has 0 radical (unpaired) electrons. The van der Waals surface area contributed by atoms with Crippen LogP contribution >= 0.6 is 0 Å². The molecule has 0 rings (SSSR count). The maximum Gasteiger partial charge on any atom is 0.250 e. The number of hydrogen-bond donors (Lipinski definition) is 1. The molecule has 0 aliphatic rings. The van der Waals surface area contributed by atoms with Crippen LogP contribution < -0.4 is 0 Å². The fourth-order valence-corrected chi connectivity index (χ4v) is 0.374. The molecule has 0 bridgehead atoms. The third-order valence-corrected chi connectivity index (χ3v) is 0.798. The van der Waals surface area contributed by atoms with Gasteiger partial charge in [-0.25, -0.2) is 0 Å². The predicted octanol–water partition coefficient (Wildman–Crippen LogP) is -0.545. The Labute approximate surface area is 48.9 Å². The highest BCUT2D eigenvalue weighted by atomic mass is 16.3. The second-order valence-electron chi connectivity index (χ2n) is 1.91. The van der Waals surface area contributed by atoms with Crippen LogP contribution in [0.3, 0.4) is 0 Å². The largest absolute Gasteiger partial charge is 0.384 e. The Balaban J connectivity index is 3.65. The highest BCUT2D eigenvalue weighted by Crippen LogP contribution is 1.84. The van der Waals surface area contributed by atoms with Gasteiger partial charge in [0.25, 0.3) is 5.91 Å². The van der Waals surface area contributed by atoms with Crippen LogP contribution in [0.15, 0.2) is 0 Å². The summed E-state index contributed by atoms with van der Waals surface area (Å²) in [5.74, 6) is -0.259. The van der Waals surface area contributed by atoms with E-state index in [1.54, 1.807) is 14.1 Å². The summed E-state index contributed by atoms with van der Waals surface area (Å²) in [6.07, 6.45) is -0.870. The Hall–Kier alpha value is -0.570. The summed E-state index contributed by atoms with van der Waals surface area (Å²) in [5, 5.41) is 8.60. The lowest BCUT2D eigenvalue weighted by molar-refractivity contribution is -0.136. The average molecular weight is 117 g/mol. The Kier molecular flexibility index (Phi) is 2.48. The molecule has 0 aromatic carbocycles. The lowest BCUT2D eigenvalue weighted by Gasteiger charge is -2.10. The normalized spacial score (nSPS) is 13.0. The molecule has 0 saturated carbocycles. The van der Waals surface area contributed by atoms with Crippen LogP contribution in [0.25, 0.3) is 0 Å². The van der Waals surface area contributed by atoms with Crippen LogP contribution in [0.5, 0.6) is 0 Å². The van der Waals surface area contributed by atoms with Gasteiger partial charge in [-0.1, -0.05) is 0 Å². The molecule has 0 aromatic heterocycles. The zero-order chi connectivity index (χ0) is 6.73. The van der Waals surface area contributed by atoms with Crippen LogP contribution in [-0.4, -0.2) is 36.1 Å². The van der Waals surface area contributed by atoms with Gasteiger partial charge in [0.15, 0.2) is 0 Å². The molecule has 0 fully saturated rings. The first-order chi connectivity index (χ1) is 3.55. The molecular formula is C5H11NO2. The van der Waals surface area contributed by atoms with Crippen LogP contribution in [0.4, 0.5) is 0 Å². The number of rotatable bonds is 1. The Morgan fingerprint density at radius 1 is 1.62 bits per heavy atom. The fraction of sp³-hybridized carbons (Fsp3) is 0.800. The van der Waals surface area contributed by atoms with Crippen LogP contribution in [0.2, 0.25) is 0 Å². The summed E-state index contributed by atoms with van der Waals surface area (Å²) < 4.78 is 0. The van der Waals surface area contributed by atoms with Crippen LogP contribution in [0.1, 0.15) is 6.92 Å². The van der Waals surface area contributed by atoms with Gasteiger partial charge in [-0.15, -0.1) is 0 Å². The molecule has 0 heterocycles. The van der Waals surface area contributed by atoms with Gasteiger partial charge in [0.05, 0.1) is 0 Å². The average Bonchev–Trinajstić information content (AvgIpc) is 1.64. The lowest BCUT2D eigenvalue weighted by Crippen LogP contribution is -2.31. The molecule has 0 aliphatic carbocycles. The second kappa shape index (κ2) is 2.67. The van der Waals surface area contributed by atoms with Crippen molar-refractivity contribution in [2.45, 2.75) is 13.0 Å². The molecule has 0 saturated heterocycles. The first-order valence-electron chi connectivity index (χ1n) is 2.45. The third kappa shape index (κ3) is 1.93. The van der Waals surface area contributed by atoms with Gasteiger partial charge in [0.2, 0.25) is 0 Å². The van der Waals surface area contributed by atoms with Gasteiger partial charge < -0.3 is 10.0 Å². The molecule has 1 N–H and O–H groups in total. The van der Waals surface area contributed by atoms with Crippen molar-refractivity contribution in [1.82, 2.24) is 4.90 Å². The number of aliphatic hydroxyl groups excluding tert-OH is 1. The van der Waals surface area contributed by atoms with Gasteiger partial charge in [-0.05, 0) is 6.92 Å². The molecule has 48 valence electrons. The smallest absolute Gasteiger partial charge is 0.250 e. The van der Waals surface area contributed by atoms with E-state index < -0.39 is 6.10 Å². The predicted molar refractivity (Wildman–Crippen MR) is 30.4 cm³/mol. The third-order valence-electron chi connectivity index (χ3n) is 0.798. The summed E-state index contributed by atoms with van der Waals surface area (Å²) in [5.41, 5.74) is 0. The summed E-state index contributed by atoms with van der Waals surface area (Å²) in [4.78, 5) is 11.9. The molecular weight excluding hydrogens is 106 g/mol. The van der Waals surface area contributed by atoms with E-state index in [9.17, 15) is 4.79 Å². The quantitative estimate of drug-likeness (QED) is 0.501. The molecule has 0 aliphatic heterocycles. The summed E-state index contributed by atoms with van der Waals surface area (Å²) in [7, 11) is 3.21. The van der Waals surface area contributed by atoms with Gasteiger partial charge >= 0.3 is 0 Å². The SMILES string of the molecule is CC(O)C(=O)N(C)C. The van der Waals surface area contributed by atoms with Gasteiger partial charge in [-0.3, -0.25) is 4.79 Å². The van der Waals surface area contributed by atoms with Crippen LogP contribution in [0, 0.1) is 0 Å². The zero-order valence-corrected chi connectivity index (χ0v) is 5.38. The van der Waals surface area contributed by atoms with E-state index >= 15 is 0 Å². The number of nitrogens with zero attached hydrogens (tertiary/aromatic N) is 1. The monoisotopic (exact) mass is 117 g/mol. The molecule has 1 atom stereocenters.